The van der Waals surface area contributed by atoms with E-state index in [4.69, 9.17) is 18.9 Å². The lowest BCUT2D eigenvalue weighted by molar-refractivity contribution is -0.255. The van der Waals surface area contributed by atoms with Gasteiger partial charge in [0, 0.05) is 62.5 Å². The van der Waals surface area contributed by atoms with E-state index in [-0.39, 0.29) is 24.7 Å². The van der Waals surface area contributed by atoms with Crippen LogP contribution in [0.4, 0.5) is 5.69 Å². The molecule has 9 heteroatoms. The lowest BCUT2D eigenvalue weighted by Crippen LogP contribution is -2.48. The van der Waals surface area contributed by atoms with Crippen molar-refractivity contribution < 1.29 is 28.8 Å². The average Bonchev–Trinajstić information content (AvgIpc) is 3.47. The maximum absolute atomic E-state index is 12.5. The summed E-state index contributed by atoms with van der Waals surface area (Å²) >= 11 is 0. The molecule has 3 fully saturated rings. The monoisotopic (exact) mass is 545 g/mol. The van der Waals surface area contributed by atoms with Gasteiger partial charge < -0.3 is 34.3 Å². The van der Waals surface area contributed by atoms with Crippen molar-refractivity contribution in [1.29, 1.82) is 0 Å². The summed E-state index contributed by atoms with van der Waals surface area (Å²) in [6.07, 6.45) is 4.87. The highest BCUT2D eigenvalue weighted by Crippen LogP contribution is 2.39. The predicted molar refractivity (Wildman–Crippen MR) is 147 cm³/mol. The van der Waals surface area contributed by atoms with Gasteiger partial charge in [0.2, 0.25) is 0 Å². The van der Waals surface area contributed by atoms with Crippen LogP contribution in [0.3, 0.4) is 0 Å². The maximum Gasteiger partial charge on any atom is 0.257 e. The van der Waals surface area contributed by atoms with Gasteiger partial charge in [-0.15, -0.1) is 0 Å². The van der Waals surface area contributed by atoms with E-state index in [1.54, 1.807) is 18.3 Å². The smallest absolute Gasteiger partial charge is 0.257 e. The first-order valence-electron chi connectivity index (χ1n) is 13.9. The zero-order valence-corrected chi connectivity index (χ0v) is 22.4. The summed E-state index contributed by atoms with van der Waals surface area (Å²) in [5.74, 6) is -0.616. The van der Waals surface area contributed by atoms with Gasteiger partial charge in [0.1, 0.15) is 0 Å². The highest BCUT2D eigenvalue weighted by atomic mass is 16.7. The summed E-state index contributed by atoms with van der Waals surface area (Å²) in [6.45, 7) is 3.94. The fourth-order valence-electron chi connectivity index (χ4n) is 5.61. The van der Waals surface area contributed by atoms with Gasteiger partial charge in [0.05, 0.1) is 37.6 Å². The van der Waals surface area contributed by atoms with E-state index in [1.165, 1.54) is 6.20 Å². The van der Waals surface area contributed by atoms with E-state index in [0.29, 0.717) is 24.5 Å². The number of pyridine rings is 1. The zero-order valence-electron chi connectivity index (χ0n) is 22.4. The lowest BCUT2D eigenvalue weighted by atomic mass is 9.98. The van der Waals surface area contributed by atoms with Crippen molar-refractivity contribution >= 4 is 11.6 Å². The Labute approximate surface area is 234 Å². The molecule has 1 amide bonds. The van der Waals surface area contributed by atoms with Gasteiger partial charge in [-0.1, -0.05) is 36.4 Å². The summed E-state index contributed by atoms with van der Waals surface area (Å²) in [6, 6.07) is 18.9. The molecule has 0 radical (unpaired) electrons. The third-order valence-corrected chi connectivity index (χ3v) is 7.87. The van der Waals surface area contributed by atoms with Crippen molar-refractivity contribution in [3.63, 3.8) is 0 Å². The molecule has 0 saturated carbocycles. The molecule has 3 atom stereocenters. The summed E-state index contributed by atoms with van der Waals surface area (Å²) < 4.78 is 24.8. The molecule has 40 heavy (non-hydrogen) atoms. The number of rotatable bonds is 7. The molecule has 3 unspecified atom stereocenters. The molecule has 2 aromatic carbocycles. The van der Waals surface area contributed by atoms with Crippen molar-refractivity contribution in [1.82, 2.24) is 9.88 Å². The summed E-state index contributed by atoms with van der Waals surface area (Å²) in [5, 5.41) is 12.4. The number of amides is 1. The highest BCUT2D eigenvalue weighted by molar-refractivity contribution is 6.04. The molecular weight excluding hydrogens is 510 g/mol. The molecule has 0 aliphatic carbocycles. The Kier molecular flexibility index (Phi) is 8.20. The minimum absolute atomic E-state index is 0.00765. The van der Waals surface area contributed by atoms with E-state index in [0.717, 1.165) is 55.6 Å². The molecular formula is C31H35N3O6. The van der Waals surface area contributed by atoms with E-state index in [2.05, 4.69) is 15.2 Å². The second-order valence-corrected chi connectivity index (χ2v) is 10.6. The van der Waals surface area contributed by atoms with Crippen LogP contribution in [0.25, 0.3) is 0 Å². The maximum atomic E-state index is 12.5. The minimum Gasteiger partial charge on any atom is -0.392 e. The standard InChI is InChI=1S/C31H35N3O6/c35-21-22-3-5-23(6-4-22)28-18-27(20-34-14-11-31(12-15-34)37-16-17-38-31)39-30(40-28)24-7-9-26(10-8-24)33-29(36)25-2-1-13-32-19-25/h1-10,13,19,27-28,30,35H,11-12,14-18,20-21H2,(H,33,36). The Bertz CT molecular complexity index is 1250. The summed E-state index contributed by atoms with van der Waals surface area (Å²) in [4.78, 5) is 19.0. The van der Waals surface area contributed by atoms with Crippen LogP contribution in [0.1, 0.15) is 58.7 Å². The normalized spacial score (nSPS) is 24.7. The second-order valence-electron chi connectivity index (χ2n) is 10.6. The van der Waals surface area contributed by atoms with Crippen molar-refractivity contribution in [2.24, 2.45) is 0 Å². The second kappa shape index (κ2) is 12.1. The van der Waals surface area contributed by atoms with Crippen molar-refractivity contribution in [3.8, 4) is 0 Å². The molecule has 210 valence electrons. The number of likely N-dealkylation sites (tertiary alicyclic amines) is 1. The molecule has 4 heterocycles. The minimum atomic E-state index is -0.554. The van der Waals surface area contributed by atoms with Gasteiger partial charge in [-0.3, -0.25) is 9.78 Å². The van der Waals surface area contributed by atoms with Gasteiger partial charge in [-0.25, -0.2) is 0 Å². The molecule has 1 aromatic heterocycles. The number of anilines is 1. The largest absolute Gasteiger partial charge is 0.392 e. The fourth-order valence-corrected chi connectivity index (χ4v) is 5.61. The van der Waals surface area contributed by atoms with Gasteiger partial charge in [0.15, 0.2) is 12.1 Å². The number of piperidine rings is 1. The number of hydrogen-bond acceptors (Lipinski definition) is 8. The predicted octanol–water partition coefficient (Wildman–Crippen LogP) is 4.21. The third-order valence-electron chi connectivity index (χ3n) is 7.87. The quantitative estimate of drug-likeness (QED) is 0.455. The molecule has 1 spiro atoms. The number of carbonyl (C=O) groups is 1. The third kappa shape index (κ3) is 6.25. The van der Waals surface area contributed by atoms with Gasteiger partial charge >= 0.3 is 0 Å². The molecule has 3 aromatic rings. The SMILES string of the molecule is O=C(Nc1ccc(C2OC(CN3CCC4(CC3)OCCO4)CC(c3ccc(CO)cc3)O2)cc1)c1cccnc1. The van der Waals surface area contributed by atoms with Crippen LogP contribution in [0, 0.1) is 0 Å². The van der Waals surface area contributed by atoms with E-state index < -0.39 is 12.1 Å². The van der Waals surface area contributed by atoms with E-state index >= 15 is 0 Å². The molecule has 3 saturated heterocycles. The van der Waals surface area contributed by atoms with E-state index in [9.17, 15) is 9.90 Å². The Balaban J connectivity index is 1.15. The number of carbonyl (C=O) groups excluding carboxylic acids is 1. The molecule has 2 N–H and O–H groups in total. The lowest BCUT2D eigenvalue weighted by Gasteiger charge is -2.41. The van der Waals surface area contributed by atoms with Crippen LogP contribution in [0.2, 0.25) is 0 Å². The molecule has 0 bridgehead atoms. The molecule has 3 aliphatic rings. The van der Waals surface area contributed by atoms with Crippen LogP contribution in [-0.4, -0.2) is 65.6 Å². The summed E-state index contributed by atoms with van der Waals surface area (Å²) in [7, 11) is 0. The number of aliphatic hydroxyl groups excluding tert-OH is 1. The number of benzene rings is 2. The Morgan fingerprint density at radius 3 is 2.38 bits per heavy atom. The fraction of sp³-hybridized carbons (Fsp3) is 0.419. The first-order chi connectivity index (χ1) is 19.6. The first-order valence-corrected chi connectivity index (χ1v) is 13.9. The van der Waals surface area contributed by atoms with Crippen LogP contribution in [0.15, 0.2) is 73.1 Å². The zero-order chi connectivity index (χ0) is 27.4. The van der Waals surface area contributed by atoms with Crippen molar-refractivity contribution in [2.75, 3.05) is 38.2 Å². The van der Waals surface area contributed by atoms with Crippen molar-refractivity contribution in [3.05, 3.63) is 95.3 Å². The van der Waals surface area contributed by atoms with E-state index in [1.807, 2.05) is 48.5 Å². The van der Waals surface area contributed by atoms with Gasteiger partial charge in [0.25, 0.3) is 5.91 Å². The molecule has 9 nitrogen and oxygen atoms in total. The number of nitrogens with zero attached hydrogens (tertiary/aromatic N) is 2. The topological polar surface area (TPSA) is 102 Å². The highest BCUT2D eigenvalue weighted by Gasteiger charge is 2.41. The Morgan fingerprint density at radius 1 is 0.975 bits per heavy atom. The van der Waals surface area contributed by atoms with Gasteiger partial charge in [-0.2, -0.15) is 0 Å². The number of nitrogens with one attached hydrogen (secondary N) is 1. The van der Waals surface area contributed by atoms with Crippen molar-refractivity contribution in [2.45, 2.75) is 50.2 Å². The Hall–Kier alpha value is -3.18. The van der Waals surface area contributed by atoms with Crippen LogP contribution < -0.4 is 5.32 Å². The first kappa shape index (κ1) is 27.0. The van der Waals surface area contributed by atoms with Crippen LogP contribution in [0.5, 0.6) is 0 Å². The number of aromatic nitrogens is 1. The number of aliphatic hydroxyl groups is 1. The summed E-state index contributed by atoms with van der Waals surface area (Å²) in [5.41, 5.74) is 3.98. The average molecular weight is 546 g/mol. The Morgan fingerprint density at radius 2 is 1.70 bits per heavy atom. The van der Waals surface area contributed by atoms with Crippen LogP contribution in [-0.2, 0) is 25.6 Å². The van der Waals surface area contributed by atoms with Crippen LogP contribution >= 0.6 is 0 Å². The van der Waals surface area contributed by atoms with Gasteiger partial charge in [-0.05, 0) is 35.4 Å². The molecule has 3 aliphatic heterocycles. The number of hydrogen-bond donors (Lipinski definition) is 2. The molecule has 6 rings (SSSR count). The number of ether oxygens (including phenoxy) is 4.